The van der Waals surface area contributed by atoms with Gasteiger partial charge < -0.3 is 10.6 Å². The van der Waals surface area contributed by atoms with E-state index < -0.39 is 0 Å². The largest absolute Gasteiger partial charge is 0.350 e. The number of aliphatic imine (C=N–C) groups is 1. The maximum absolute atomic E-state index is 5.71. The zero-order valence-electron chi connectivity index (χ0n) is 5.98. The van der Waals surface area contributed by atoms with Gasteiger partial charge in [-0.05, 0) is 13.0 Å². The van der Waals surface area contributed by atoms with Gasteiger partial charge in [0.25, 0.3) is 0 Å². The van der Waals surface area contributed by atoms with Crippen LogP contribution >= 0.6 is 11.6 Å². The quantitative estimate of drug-likeness (QED) is 0.509. The molecular formula is C6H10ClN3. The van der Waals surface area contributed by atoms with E-state index in [0.29, 0.717) is 5.16 Å². The van der Waals surface area contributed by atoms with Crippen LogP contribution < -0.4 is 10.6 Å². The number of rotatable bonds is 0. The lowest BCUT2D eigenvalue weighted by Crippen LogP contribution is -2.44. The average molecular weight is 160 g/mol. The number of hydrogen-bond acceptors (Lipinski definition) is 1. The fourth-order valence-corrected chi connectivity index (χ4v) is 1.07. The number of guanidine groups is 1. The van der Waals surface area contributed by atoms with Gasteiger partial charge in [0.15, 0.2) is 5.96 Å². The van der Waals surface area contributed by atoms with Gasteiger partial charge in [0.1, 0.15) is 5.16 Å². The van der Waals surface area contributed by atoms with Crippen LogP contribution in [0.4, 0.5) is 0 Å². The molecule has 0 saturated heterocycles. The molecule has 1 rings (SSSR count). The molecule has 0 aliphatic carbocycles. The summed E-state index contributed by atoms with van der Waals surface area (Å²) in [5.74, 6) is 0.722. The van der Waals surface area contributed by atoms with Crippen LogP contribution in [0.2, 0.25) is 0 Å². The van der Waals surface area contributed by atoms with Gasteiger partial charge in [-0.15, -0.1) is 0 Å². The Balaban J connectivity index is 2.70. The van der Waals surface area contributed by atoms with Gasteiger partial charge >= 0.3 is 0 Å². The molecule has 1 aliphatic heterocycles. The minimum Gasteiger partial charge on any atom is -0.350 e. The zero-order valence-corrected chi connectivity index (χ0v) is 6.74. The first kappa shape index (κ1) is 7.41. The molecule has 10 heavy (non-hydrogen) atoms. The number of nitrogens with zero attached hydrogens (tertiary/aromatic N) is 1. The van der Waals surface area contributed by atoms with Crippen molar-refractivity contribution < 1.29 is 0 Å². The predicted molar refractivity (Wildman–Crippen MR) is 43.0 cm³/mol. The molecule has 1 unspecified atom stereocenters. The molecule has 0 aromatic carbocycles. The van der Waals surface area contributed by atoms with Crippen molar-refractivity contribution in [2.24, 2.45) is 4.99 Å². The van der Waals surface area contributed by atoms with E-state index in [-0.39, 0.29) is 6.04 Å². The summed E-state index contributed by atoms with van der Waals surface area (Å²) in [6, 6.07) is 0.257. The summed E-state index contributed by atoms with van der Waals surface area (Å²) in [5.41, 5.74) is 0. The second kappa shape index (κ2) is 2.92. The Morgan fingerprint density at radius 2 is 2.40 bits per heavy atom. The maximum atomic E-state index is 5.71. The van der Waals surface area contributed by atoms with Crippen molar-refractivity contribution in [3.05, 3.63) is 11.2 Å². The minimum atomic E-state index is 0.257. The Hall–Kier alpha value is -0.700. The summed E-state index contributed by atoms with van der Waals surface area (Å²) < 4.78 is 0. The molecule has 0 fully saturated rings. The fourth-order valence-electron chi connectivity index (χ4n) is 0.788. The third-order valence-corrected chi connectivity index (χ3v) is 1.44. The smallest absolute Gasteiger partial charge is 0.196 e. The zero-order chi connectivity index (χ0) is 7.56. The normalized spacial score (nSPS) is 28.9. The summed E-state index contributed by atoms with van der Waals surface area (Å²) in [6.45, 7) is 2.01. The summed E-state index contributed by atoms with van der Waals surface area (Å²) >= 11 is 5.71. The van der Waals surface area contributed by atoms with Crippen LogP contribution in [-0.4, -0.2) is 19.0 Å². The molecule has 0 radical (unpaired) electrons. The molecule has 0 bridgehead atoms. The first-order valence-corrected chi connectivity index (χ1v) is 3.48. The van der Waals surface area contributed by atoms with Crippen LogP contribution in [0.1, 0.15) is 6.92 Å². The first-order valence-electron chi connectivity index (χ1n) is 3.10. The third kappa shape index (κ3) is 1.64. The molecule has 0 spiro atoms. The standard InChI is InChI=1S/C6H10ClN3/c1-4-3-5(7)10-6(8-2)9-4/h3-4H,1-2H3,(H2,8,9,10). The van der Waals surface area contributed by atoms with E-state index in [2.05, 4.69) is 15.6 Å². The van der Waals surface area contributed by atoms with Crippen molar-refractivity contribution >= 4 is 17.6 Å². The van der Waals surface area contributed by atoms with Gasteiger partial charge in [-0.2, -0.15) is 0 Å². The summed E-state index contributed by atoms with van der Waals surface area (Å²) in [7, 11) is 1.71. The molecule has 1 atom stereocenters. The highest BCUT2D eigenvalue weighted by molar-refractivity contribution is 6.30. The highest BCUT2D eigenvalue weighted by atomic mass is 35.5. The summed E-state index contributed by atoms with van der Waals surface area (Å²) in [5, 5.41) is 6.57. The van der Waals surface area contributed by atoms with Crippen molar-refractivity contribution in [1.82, 2.24) is 10.6 Å². The van der Waals surface area contributed by atoms with Crippen LogP contribution in [0.3, 0.4) is 0 Å². The van der Waals surface area contributed by atoms with E-state index in [9.17, 15) is 0 Å². The minimum absolute atomic E-state index is 0.257. The molecule has 1 heterocycles. The van der Waals surface area contributed by atoms with Gasteiger partial charge in [-0.1, -0.05) is 11.6 Å². The van der Waals surface area contributed by atoms with Gasteiger partial charge in [0, 0.05) is 13.1 Å². The van der Waals surface area contributed by atoms with Crippen molar-refractivity contribution in [2.45, 2.75) is 13.0 Å². The number of halogens is 1. The van der Waals surface area contributed by atoms with E-state index >= 15 is 0 Å². The lowest BCUT2D eigenvalue weighted by atomic mass is 10.3. The van der Waals surface area contributed by atoms with Crippen molar-refractivity contribution in [2.75, 3.05) is 7.05 Å². The average Bonchev–Trinajstić information content (AvgIpc) is 1.85. The molecule has 56 valence electrons. The van der Waals surface area contributed by atoms with Gasteiger partial charge in [0.2, 0.25) is 0 Å². The van der Waals surface area contributed by atoms with E-state index in [4.69, 9.17) is 11.6 Å². The molecule has 2 N–H and O–H groups in total. The van der Waals surface area contributed by atoms with Gasteiger partial charge in [-0.3, -0.25) is 4.99 Å². The molecule has 0 saturated carbocycles. The van der Waals surface area contributed by atoms with Crippen LogP contribution in [0.15, 0.2) is 16.2 Å². The Labute approximate surface area is 65.2 Å². The lowest BCUT2D eigenvalue weighted by molar-refractivity contribution is 0.751. The Kier molecular flexibility index (Phi) is 2.17. The second-order valence-corrected chi connectivity index (χ2v) is 2.55. The first-order chi connectivity index (χ1) is 4.72. The monoisotopic (exact) mass is 159 g/mol. The summed E-state index contributed by atoms with van der Waals surface area (Å²) in [4.78, 5) is 3.92. The second-order valence-electron chi connectivity index (χ2n) is 2.14. The third-order valence-electron chi connectivity index (χ3n) is 1.22. The van der Waals surface area contributed by atoms with Crippen LogP contribution in [0.5, 0.6) is 0 Å². The number of hydrogen-bond donors (Lipinski definition) is 2. The summed E-state index contributed by atoms with van der Waals surface area (Å²) in [6.07, 6.45) is 1.89. The topological polar surface area (TPSA) is 36.4 Å². The van der Waals surface area contributed by atoms with Crippen LogP contribution in [-0.2, 0) is 0 Å². The van der Waals surface area contributed by atoms with Crippen LogP contribution in [0.25, 0.3) is 0 Å². The van der Waals surface area contributed by atoms with Crippen LogP contribution in [0, 0.1) is 0 Å². The molecule has 4 heteroatoms. The molecular weight excluding hydrogens is 150 g/mol. The van der Waals surface area contributed by atoms with Crippen molar-refractivity contribution in [3.8, 4) is 0 Å². The Bertz CT molecular complexity index is 185. The van der Waals surface area contributed by atoms with Crippen molar-refractivity contribution in [3.63, 3.8) is 0 Å². The fraction of sp³-hybridized carbons (Fsp3) is 0.500. The van der Waals surface area contributed by atoms with Gasteiger partial charge in [-0.25, -0.2) is 0 Å². The van der Waals surface area contributed by atoms with Crippen molar-refractivity contribution in [1.29, 1.82) is 0 Å². The molecule has 0 aromatic rings. The van der Waals surface area contributed by atoms with E-state index in [1.54, 1.807) is 7.05 Å². The highest BCUT2D eigenvalue weighted by Gasteiger charge is 2.09. The SMILES string of the molecule is CN=C1NC(Cl)=CC(C)N1. The van der Waals surface area contributed by atoms with Gasteiger partial charge in [0.05, 0.1) is 0 Å². The Morgan fingerprint density at radius 1 is 1.70 bits per heavy atom. The molecule has 0 amide bonds. The molecule has 3 nitrogen and oxygen atoms in total. The van der Waals surface area contributed by atoms with E-state index in [1.165, 1.54) is 0 Å². The Morgan fingerprint density at radius 3 is 2.90 bits per heavy atom. The molecule has 0 aromatic heterocycles. The molecule has 1 aliphatic rings. The highest BCUT2D eigenvalue weighted by Crippen LogP contribution is 2.02. The maximum Gasteiger partial charge on any atom is 0.196 e. The van der Waals surface area contributed by atoms with E-state index in [1.807, 2.05) is 13.0 Å². The number of nitrogens with one attached hydrogen (secondary N) is 2. The lowest BCUT2D eigenvalue weighted by Gasteiger charge is -2.20. The predicted octanol–water partition coefficient (Wildman–Crippen LogP) is 0.634. The van der Waals surface area contributed by atoms with E-state index in [0.717, 1.165) is 5.96 Å².